The van der Waals surface area contributed by atoms with E-state index in [2.05, 4.69) is 0 Å². The van der Waals surface area contributed by atoms with E-state index in [-0.39, 0.29) is 6.54 Å². The van der Waals surface area contributed by atoms with Crippen LogP contribution in [-0.4, -0.2) is 45.6 Å². The quantitative estimate of drug-likeness (QED) is 0.649. The third-order valence-electron chi connectivity index (χ3n) is 1.69. The molecule has 96 valence electrons. The molecule has 0 fully saturated rings. The van der Waals surface area contributed by atoms with Crippen molar-refractivity contribution in [2.24, 2.45) is 0 Å². The SMILES string of the molecule is COCCOCCCCNC(=O)C(F)(F)F. The Morgan fingerprint density at radius 3 is 2.44 bits per heavy atom. The first-order valence-electron chi connectivity index (χ1n) is 4.90. The minimum atomic E-state index is -4.80. The van der Waals surface area contributed by atoms with Gasteiger partial charge in [-0.15, -0.1) is 0 Å². The molecule has 7 heteroatoms. The summed E-state index contributed by atoms with van der Waals surface area (Å²) in [4.78, 5) is 10.4. The van der Waals surface area contributed by atoms with E-state index in [1.54, 1.807) is 12.4 Å². The minimum Gasteiger partial charge on any atom is -0.382 e. The second-order valence-electron chi connectivity index (χ2n) is 3.07. The van der Waals surface area contributed by atoms with E-state index in [4.69, 9.17) is 9.47 Å². The van der Waals surface area contributed by atoms with Gasteiger partial charge in [0.15, 0.2) is 0 Å². The standard InChI is InChI=1S/C9H16F3NO3/c1-15-6-7-16-5-3-2-4-13-8(14)9(10,11)12/h2-7H2,1H3,(H,13,14). The maximum atomic E-state index is 11.7. The zero-order valence-electron chi connectivity index (χ0n) is 9.10. The van der Waals surface area contributed by atoms with Crippen LogP contribution in [0, 0.1) is 0 Å². The van der Waals surface area contributed by atoms with Crippen LogP contribution in [0.15, 0.2) is 0 Å². The van der Waals surface area contributed by atoms with Crippen LogP contribution >= 0.6 is 0 Å². The van der Waals surface area contributed by atoms with Crippen molar-refractivity contribution in [1.82, 2.24) is 5.32 Å². The molecule has 0 unspecified atom stereocenters. The van der Waals surface area contributed by atoms with E-state index in [1.807, 2.05) is 0 Å². The number of unbranched alkanes of at least 4 members (excludes halogenated alkanes) is 1. The van der Waals surface area contributed by atoms with Crippen molar-refractivity contribution < 1.29 is 27.4 Å². The van der Waals surface area contributed by atoms with Crippen molar-refractivity contribution in [3.63, 3.8) is 0 Å². The average Bonchev–Trinajstić information content (AvgIpc) is 2.20. The molecule has 0 atom stereocenters. The predicted octanol–water partition coefficient (Wildman–Crippen LogP) is 1.11. The second-order valence-corrected chi connectivity index (χ2v) is 3.07. The van der Waals surface area contributed by atoms with Gasteiger partial charge in [0, 0.05) is 20.3 Å². The molecule has 1 amide bonds. The first kappa shape index (κ1) is 15.2. The number of methoxy groups -OCH3 is 1. The van der Waals surface area contributed by atoms with Crippen molar-refractivity contribution in [3.05, 3.63) is 0 Å². The van der Waals surface area contributed by atoms with Gasteiger partial charge >= 0.3 is 12.1 Å². The Labute approximate surface area is 92.1 Å². The summed E-state index contributed by atoms with van der Waals surface area (Å²) in [5.74, 6) is -1.90. The molecule has 0 bridgehead atoms. The number of nitrogens with one attached hydrogen (secondary N) is 1. The van der Waals surface area contributed by atoms with Gasteiger partial charge in [-0.3, -0.25) is 4.79 Å². The number of halogens is 3. The average molecular weight is 243 g/mol. The van der Waals surface area contributed by atoms with Gasteiger partial charge in [0.2, 0.25) is 0 Å². The summed E-state index contributed by atoms with van der Waals surface area (Å²) in [6, 6.07) is 0. The van der Waals surface area contributed by atoms with Crippen LogP contribution in [0.1, 0.15) is 12.8 Å². The van der Waals surface area contributed by atoms with Crippen LogP contribution in [0.5, 0.6) is 0 Å². The number of alkyl halides is 3. The van der Waals surface area contributed by atoms with Crippen LogP contribution < -0.4 is 5.32 Å². The molecule has 0 aromatic heterocycles. The van der Waals surface area contributed by atoms with E-state index < -0.39 is 12.1 Å². The summed E-state index contributed by atoms with van der Waals surface area (Å²) in [5, 5.41) is 1.78. The first-order valence-corrected chi connectivity index (χ1v) is 4.90. The van der Waals surface area contributed by atoms with Crippen molar-refractivity contribution in [1.29, 1.82) is 0 Å². The van der Waals surface area contributed by atoms with Gasteiger partial charge in [-0.05, 0) is 12.8 Å². The Morgan fingerprint density at radius 2 is 1.88 bits per heavy atom. The molecule has 0 aliphatic carbocycles. The molecule has 0 spiro atoms. The van der Waals surface area contributed by atoms with Gasteiger partial charge in [0.05, 0.1) is 13.2 Å². The smallest absolute Gasteiger partial charge is 0.382 e. The highest BCUT2D eigenvalue weighted by atomic mass is 19.4. The largest absolute Gasteiger partial charge is 0.471 e. The zero-order chi connectivity index (χ0) is 12.4. The van der Waals surface area contributed by atoms with E-state index in [0.717, 1.165) is 0 Å². The fraction of sp³-hybridized carbons (Fsp3) is 0.889. The zero-order valence-corrected chi connectivity index (χ0v) is 9.10. The van der Waals surface area contributed by atoms with Crippen LogP contribution in [0.2, 0.25) is 0 Å². The Bertz CT molecular complexity index is 197. The molecule has 16 heavy (non-hydrogen) atoms. The second kappa shape index (κ2) is 8.35. The summed E-state index contributed by atoms with van der Waals surface area (Å²) in [5.41, 5.74) is 0. The molecule has 1 N–H and O–H groups in total. The Balaban J connectivity index is 3.25. The van der Waals surface area contributed by atoms with Gasteiger partial charge < -0.3 is 14.8 Å². The van der Waals surface area contributed by atoms with Gasteiger partial charge in [-0.2, -0.15) is 13.2 Å². The molecular weight excluding hydrogens is 227 g/mol. The highest BCUT2D eigenvalue weighted by Gasteiger charge is 2.38. The number of rotatable bonds is 8. The number of carbonyl (C=O) groups is 1. The van der Waals surface area contributed by atoms with Crippen molar-refractivity contribution in [3.8, 4) is 0 Å². The number of hydrogen-bond donors (Lipinski definition) is 1. The van der Waals surface area contributed by atoms with E-state index >= 15 is 0 Å². The topological polar surface area (TPSA) is 47.6 Å². The molecular formula is C9H16F3NO3. The maximum Gasteiger partial charge on any atom is 0.471 e. The van der Waals surface area contributed by atoms with Crippen LogP contribution in [0.25, 0.3) is 0 Å². The lowest BCUT2D eigenvalue weighted by molar-refractivity contribution is -0.173. The third kappa shape index (κ3) is 8.49. The molecule has 0 aliphatic rings. The van der Waals surface area contributed by atoms with E-state index in [1.165, 1.54) is 0 Å². The molecule has 0 rings (SSSR count). The summed E-state index contributed by atoms with van der Waals surface area (Å²) >= 11 is 0. The number of amides is 1. The predicted molar refractivity (Wildman–Crippen MR) is 51.0 cm³/mol. The molecule has 0 aliphatic heterocycles. The minimum absolute atomic E-state index is 0.00593. The molecule has 0 aromatic carbocycles. The Kier molecular flexibility index (Phi) is 7.92. The molecule has 0 saturated carbocycles. The maximum absolute atomic E-state index is 11.7. The summed E-state index contributed by atoms with van der Waals surface area (Å²) in [6.07, 6.45) is -3.74. The lowest BCUT2D eigenvalue weighted by atomic mass is 10.3. The van der Waals surface area contributed by atoms with Gasteiger partial charge in [-0.25, -0.2) is 0 Å². The Hall–Kier alpha value is -0.820. The molecule has 0 aromatic rings. The van der Waals surface area contributed by atoms with Crippen LogP contribution in [-0.2, 0) is 14.3 Å². The van der Waals surface area contributed by atoms with E-state index in [9.17, 15) is 18.0 Å². The first-order chi connectivity index (χ1) is 7.48. The summed E-state index contributed by atoms with van der Waals surface area (Å²) < 4.78 is 45.0. The highest BCUT2D eigenvalue weighted by molar-refractivity contribution is 5.81. The van der Waals surface area contributed by atoms with Crippen LogP contribution in [0.4, 0.5) is 13.2 Å². The molecule has 0 saturated heterocycles. The van der Waals surface area contributed by atoms with Gasteiger partial charge in [0.1, 0.15) is 0 Å². The molecule has 0 radical (unpaired) electrons. The molecule has 0 heterocycles. The fourth-order valence-corrected chi connectivity index (χ4v) is 0.876. The third-order valence-corrected chi connectivity index (χ3v) is 1.69. The van der Waals surface area contributed by atoms with Gasteiger partial charge in [0.25, 0.3) is 0 Å². The lowest BCUT2D eigenvalue weighted by Gasteiger charge is -2.07. The van der Waals surface area contributed by atoms with Crippen molar-refractivity contribution in [2.45, 2.75) is 19.0 Å². The van der Waals surface area contributed by atoms with Crippen molar-refractivity contribution >= 4 is 5.91 Å². The fourth-order valence-electron chi connectivity index (χ4n) is 0.876. The Morgan fingerprint density at radius 1 is 1.19 bits per heavy atom. The normalized spacial score (nSPS) is 11.5. The molecule has 4 nitrogen and oxygen atoms in total. The monoisotopic (exact) mass is 243 g/mol. The number of hydrogen-bond acceptors (Lipinski definition) is 3. The summed E-state index contributed by atoms with van der Waals surface area (Å²) in [7, 11) is 1.55. The summed E-state index contributed by atoms with van der Waals surface area (Å²) in [6.45, 7) is 1.41. The number of carbonyl (C=O) groups excluding carboxylic acids is 1. The number of ether oxygens (including phenoxy) is 2. The lowest BCUT2D eigenvalue weighted by Crippen LogP contribution is -2.37. The van der Waals surface area contributed by atoms with Crippen molar-refractivity contribution in [2.75, 3.05) is 33.5 Å². The van der Waals surface area contributed by atoms with Gasteiger partial charge in [-0.1, -0.05) is 0 Å². The van der Waals surface area contributed by atoms with Crippen LogP contribution in [0.3, 0.4) is 0 Å². The highest BCUT2D eigenvalue weighted by Crippen LogP contribution is 2.13. The van der Waals surface area contributed by atoms with E-state index in [0.29, 0.717) is 32.7 Å².